The van der Waals surface area contributed by atoms with Crippen LogP contribution in [-0.2, 0) is 0 Å². The van der Waals surface area contributed by atoms with Crippen molar-refractivity contribution < 1.29 is 9.85 Å². The van der Waals surface area contributed by atoms with E-state index in [1.165, 1.54) is 0 Å². The Balaban J connectivity index is 0.00000121. The van der Waals surface area contributed by atoms with Gasteiger partial charge in [-0.05, 0) is 9.85 Å². The van der Waals surface area contributed by atoms with E-state index in [0.29, 0.717) is 0 Å². The number of rotatable bonds is 2. The second-order valence-corrected chi connectivity index (χ2v) is 1.47. The molecule has 10 heteroatoms. The predicted octanol–water partition coefficient (Wildman–Crippen LogP) is -0.760. The Hall–Kier alpha value is -0.424. The first-order valence-corrected chi connectivity index (χ1v) is 2.32. The van der Waals surface area contributed by atoms with E-state index in [1.807, 2.05) is 0 Å². The van der Waals surface area contributed by atoms with Crippen LogP contribution in [0.2, 0.25) is 0 Å². The summed E-state index contributed by atoms with van der Waals surface area (Å²) < 4.78 is 0. The number of aromatic amines is 1. The van der Waals surface area contributed by atoms with Crippen molar-refractivity contribution in [3.8, 4) is 0 Å². The maximum Gasteiger partial charge on any atom is 0.508 e. The number of hydrogen-bond donors (Lipinski definition) is 1. The van der Waals surface area contributed by atoms with Crippen LogP contribution >= 0.6 is 0 Å². The Morgan fingerprint density at radius 2 is 1.83 bits per heavy atom. The summed E-state index contributed by atoms with van der Waals surface area (Å²) in [6.07, 6.45) is 0. The van der Waals surface area contributed by atoms with Crippen LogP contribution in [0.5, 0.6) is 0 Å². The summed E-state index contributed by atoms with van der Waals surface area (Å²) in [5, 5.41) is 24.5. The fourth-order valence-electron chi connectivity index (χ4n) is 0.408. The van der Waals surface area contributed by atoms with Crippen molar-refractivity contribution in [2.75, 3.05) is 0 Å². The van der Waals surface area contributed by atoms with Crippen molar-refractivity contribution >= 4 is 63.3 Å². The molecule has 1 radical (unpaired) electrons. The number of aromatic nitrogens is 3. The van der Waals surface area contributed by atoms with Gasteiger partial charge in [0.15, 0.2) is 0 Å². The van der Waals surface area contributed by atoms with Crippen LogP contribution in [0, 0.1) is 20.2 Å². The van der Waals surface area contributed by atoms with Gasteiger partial charge in [-0.15, -0.1) is 0 Å². The molecule has 0 aliphatic rings. The zero-order valence-corrected chi connectivity index (χ0v) is 9.04. The monoisotopic (exact) mass is 198 g/mol. The van der Waals surface area contributed by atoms with Gasteiger partial charge in [0.1, 0.15) is 0 Å². The first kappa shape index (κ1) is 11.6. The summed E-state index contributed by atoms with van der Waals surface area (Å²) in [6.45, 7) is 0. The van der Waals surface area contributed by atoms with E-state index in [9.17, 15) is 20.2 Å². The average Bonchev–Trinajstić information content (AvgIpc) is 2.33. The smallest absolute Gasteiger partial charge is 0.390 e. The fraction of sp³-hybridized carbons (Fsp3) is 0. The number of H-pyrrole nitrogens is 1. The SMILES string of the molecule is O=[N+]([O-])c1n[nH]c([N+](=O)[O-])n1.[K]. The number of nitrogens with zero attached hydrogens (tertiary/aromatic N) is 4. The molecule has 1 N–H and O–H groups in total. The van der Waals surface area contributed by atoms with E-state index >= 15 is 0 Å². The van der Waals surface area contributed by atoms with Gasteiger partial charge in [-0.3, -0.25) is 0 Å². The Labute approximate surface area is 107 Å². The first-order valence-electron chi connectivity index (χ1n) is 2.32. The Morgan fingerprint density at radius 1 is 1.25 bits per heavy atom. The Kier molecular flexibility index (Phi) is 4.40. The fourth-order valence-corrected chi connectivity index (χ4v) is 0.408. The number of hydrogen-bond acceptors (Lipinski definition) is 6. The van der Waals surface area contributed by atoms with Gasteiger partial charge in [0.25, 0.3) is 0 Å². The molecular weight excluding hydrogens is 197 g/mol. The van der Waals surface area contributed by atoms with E-state index in [1.54, 1.807) is 5.10 Å². The number of nitro groups is 2. The minimum atomic E-state index is -0.927. The van der Waals surface area contributed by atoms with Crippen LogP contribution in [0.3, 0.4) is 0 Å². The van der Waals surface area contributed by atoms with E-state index in [-0.39, 0.29) is 51.4 Å². The molecule has 0 fully saturated rings. The maximum atomic E-state index is 9.89. The summed E-state index contributed by atoms with van der Waals surface area (Å²) in [4.78, 5) is 20.9. The molecule has 0 aromatic carbocycles. The summed E-state index contributed by atoms with van der Waals surface area (Å²) in [5.74, 6) is -1.55. The van der Waals surface area contributed by atoms with Gasteiger partial charge in [0, 0.05) is 56.4 Å². The van der Waals surface area contributed by atoms with Crippen LogP contribution in [0.15, 0.2) is 0 Å². The third-order valence-electron chi connectivity index (χ3n) is 0.798. The molecular formula is C2HKN5O4. The standard InChI is InChI=1S/C2HN5O4.K/c8-6(9)1-3-2(5-4-1)7(10)11;/h(H,3,4,5);. The van der Waals surface area contributed by atoms with Gasteiger partial charge in [-0.25, -0.2) is 0 Å². The van der Waals surface area contributed by atoms with Crippen molar-refractivity contribution in [3.05, 3.63) is 20.2 Å². The summed E-state index contributed by atoms with van der Waals surface area (Å²) in [6, 6.07) is 0. The second-order valence-electron chi connectivity index (χ2n) is 1.47. The molecule has 0 saturated carbocycles. The minimum absolute atomic E-state index is 0. The van der Waals surface area contributed by atoms with E-state index in [0.717, 1.165) is 0 Å². The molecule has 0 aliphatic heterocycles. The van der Waals surface area contributed by atoms with Crippen LogP contribution in [-0.4, -0.2) is 76.4 Å². The zero-order valence-electron chi connectivity index (χ0n) is 5.92. The van der Waals surface area contributed by atoms with Gasteiger partial charge in [0.2, 0.25) is 0 Å². The third-order valence-corrected chi connectivity index (χ3v) is 0.798. The zero-order chi connectivity index (χ0) is 8.43. The van der Waals surface area contributed by atoms with Crippen LogP contribution in [0.25, 0.3) is 0 Å². The molecule has 0 amide bonds. The van der Waals surface area contributed by atoms with E-state index in [4.69, 9.17) is 0 Å². The molecule has 59 valence electrons. The quantitative estimate of drug-likeness (QED) is 0.378. The Morgan fingerprint density at radius 3 is 2.08 bits per heavy atom. The van der Waals surface area contributed by atoms with Gasteiger partial charge in [-0.2, -0.15) is 0 Å². The van der Waals surface area contributed by atoms with Crippen molar-refractivity contribution in [1.82, 2.24) is 15.2 Å². The molecule has 0 atom stereocenters. The van der Waals surface area contributed by atoms with Gasteiger partial charge in [-0.1, -0.05) is 5.10 Å². The topological polar surface area (TPSA) is 128 Å². The van der Waals surface area contributed by atoms with Crippen molar-refractivity contribution in [2.24, 2.45) is 0 Å². The van der Waals surface area contributed by atoms with Crippen molar-refractivity contribution in [3.63, 3.8) is 0 Å². The minimum Gasteiger partial charge on any atom is -0.390 e. The normalized spacial score (nSPS) is 8.67. The summed E-state index contributed by atoms with van der Waals surface area (Å²) in [5.41, 5.74) is 0. The largest absolute Gasteiger partial charge is 0.508 e. The van der Waals surface area contributed by atoms with E-state index < -0.39 is 21.7 Å². The third kappa shape index (κ3) is 2.56. The molecule has 1 rings (SSSR count). The molecule has 9 nitrogen and oxygen atoms in total. The molecule has 0 bridgehead atoms. The summed E-state index contributed by atoms with van der Waals surface area (Å²) >= 11 is 0. The Bertz CT molecular complexity index is 280. The maximum absolute atomic E-state index is 9.89. The van der Waals surface area contributed by atoms with Gasteiger partial charge in [0.05, 0.1) is 5.10 Å². The molecule has 12 heavy (non-hydrogen) atoms. The van der Waals surface area contributed by atoms with E-state index in [2.05, 4.69) is 10.1 Å². The van der Waals surface area contributed by atoms with Gasteiger partial charge >= 0.3 is 11.9 Å². The average molecular weight is 198 g/mol. The number of nitrogens with one attached hydrogen (secondary N) is 1. The van der Waals surface area contributed by atoms with Crippen molar-refractivity contribution in [2.45, 2.75) is 0 Å². The first-order chi connectivity index (χ1) is 5.11. The molecule has 0 spiro atoms. The predicted molar refractivity (Wildman–Crippen MR) is 35.4 cm³/mol. The molecule has 0 unspecified atom stereocenters. The second kappa shape index (κ2) is 4.56. The van der Waals surface area contributed by atoms with Crippen LogP contribution in [0.4, 0.5) is 11.9 Å². The van der Waals surface area contributed by atoms with Gasteiger partial charge < -0.3 is 20.2 Å². The van der Waals surface area contributed by atoms with Crippen LogP contribution in [0.1, 0.15) is 0 Å². The molecule has 1 heterocycles. The molecule has 1 aromatic heterocycles. The van der Waals surface area contributed by atoms with Crippen LogP contribution < -0.4 is 0 Å². The van der Waals surface area contributed by atoms with Crippen molar-refractivity contribution in [1.29, 1.82) is 0 Å². The molecule has 1 aromatic rings. The molecule has 0 saturated heterocycles. The summed E-state index contributed by atoms with van der Waals surface area (Å²) in [7, 11) is 0. The molecule has 0 aliphatic carbocycles.